The largest absolute Gasteiger partial charge is 0.410 e. The average molecular weight is 511 g/mol. The van der Waals surface area contributed by atoms with Crippen LogP contribution in [0.1, 0.15) is 120 Å². The van der Waals surface area contributed by atoms with Gasteiger partial charge in [-0.25, -0.2) is 0 Å². The van der Waals surface area contributed by atoms with Crippen molar-refractivity contribution in [2.75, 3.05) is 0 Å². The van der Waals surface area contributed by atoms with Gasteiger partial charge < -0.3 is 4.43 Å². The summed E-state index contributed by atoms with van der Waals surface area (Å²) in [5.74, 6) is 1.25. The van der Waals surface area contributed by atoms with Gasteiger partial charge in [-0.15, -0.1) is 0 Å². The number of rotatable bonds is 6. The molecule has 0 saturated heterocycles. The monoisotopic (exact) mass is 510 g/mol. The Hall–Kier alpha value is -0.863. The maximum Gasteiger partial charge on any atom is 0.192 e. The highest BCUT2D eigenvalue weighted by molar-refractivity contribution is 6.74. The van der Waals surface area contributed by atoms with E-state index in [2.05, 4.69) is 93.3 Å². The first-order valence-electron chi connectivity index (χ1n) is 15.0. The Kier molecular flexibility index (Phi) is 9.15. The number of fused-ring (bicyclic) bond motifs is 1. The number of allylic oxidation sites excluding steroid dienone is 5. The Labute approximate surface area is 226 Å². The van der Waals surface area contributed by atoms with E-state index in [0.717, 1.165) is 18.8 Å². The Bertz CT molecular complexity index is 887. The Morgan fingerprint density at radius 1 is 1.06 bits per heavy atom. The van der Waals surface area contributed by atoms with E-state index in [-0.39, 0.29) is 11.1 Å². The van der Waals surface area contributed by atoms with Crippen LogP contribution in [0.5, 0.6) is 0 Å². The average Bonchev–Trinajstić information content (AvgIpc) is 3.08. The molecule has 36 heavy (non-hydrogen) atoms. The molecule has 3 fully saturated rings. The van der Waals surface area contributed by atoms with Crippen molar-refractivity contribution in [2.45, 2.75) is 144 Å². The number of hydrogen-bond donors (Lipinski definition) is 0. The summed E-state index contributed by atoms with van der Waals surface area (Å²) in [5.41, 5.74) is 7.21. The molecule has 204 valence electrons. The minimum Gasteiger partial charge on any atom is -0.410 e. The molecule has 3 saturated carbocycles. The van der Waals surface area contributed by atoms with Gasteiger partial charge in [-0.2, -0.15) is 0 Å². The van der Waals surface area contributed by atoms with Crippen molar-refractivity contribution in [3.8, 4) is 0 Å². The molecule has 0 aromatic heterocycles. The van der Waals surface area contributed by atoms with Gasteiger partial charge in [0.2, 0.25) is 0 Å². The van der Waals surface area contributed by atoms with Gasteiger partial charge in [0.15, 0.2) is 8.32 Å². The fourth-order valence-corrected chi connectivity index (χ4v) is 7.94. The molecular weight excluding hydrogens is 452 g/mol. The summed E-state index contributed by atoms with van der Waals surface area (Å²) in [6.07, 6.45) is 20.6. The van der Waals surface area contributed by atoms with Crippen molar-refractivity contribution in [2.24, 2.45) is 22.7 Å². The summed E-state index contributed by atoms with van der Waals surface area (Å²) < 4.78 is 6.89. The molecule has 0 aromatic rings. The zero-order valence-corrected chi connectivity index (χ0v) is 26.7. The summed E-state index contributed by atoms with van der Waals surface area (Å²) in [6, 6.07) is 0. The zero-order chi connectivity index (χ0) is 26.9. The van der Waals surface area contributed by atoms with Crippen molar-refractivity contribution >= 4 is 8.32 Å². The predicted molar refractivity (Wildman–Crippen MR) is 162 cm³/mol. The van der Waals surface area contributed by atoms with Crippen LogP contribution >= 0.6 is 0 Å². The first kappa shape index (κ1) is 29.7. The molecule has 0 radical (unpaired) electrons. The van der Waals surface area contributed by atoms with Gasteiger partial charge in [-0.05, 0) is 111 Å². The van der Waals surface area contributed by atoms with Gasteiger partial charge in [0.25, 0.3) is 0 Å². The second kappa shape index (κ2) is 11.1. The van der Waals surface area contributed by atoms with Crippen LogP contribution in [0.25, 0.3) is 0 Å². The van der Waals surface area contributed by atoms with Gasteiger partial charge in [-0.1, -0.05) is 96.9 Å². The molecule has 0 unspecified atom stereocenters. The van der Waals surface area contributed by atoms with Gasteiger partial charge in [0.05, 0.1) is 6.10 Å². The molecule has 2 heteroatoms. The fourth-order valence-electron chi connectivity index (χ4n) is 6.64. The highest BCUT2D eigenvalue weighted by Crippen LogP contribution is 2.57. The molecule has 3 rings (SSSR count). The van der Waals surface area contributed by atoms with Crippen LogP contribution in [0.2, 0.25) is 18.1 Å². The van der Waals surface area contributed by atoms with E-state index in [1.807, 2.05) is 0 Å². The maximum atomic E-state index is 6.89. The van der Waals surface area contributed by atoms with Crippen molar-refractivity contribution < 1.29 is 4.43 Å². The predicted octanol–water partition coefficient (Wildman–Crippen LogP) is 11.0. The smallest absolute Gasteiger partial charge is 0.192 e. The van der Waals surface area contributed by atoms with Gasteiger partial charge in [0.1, 0.15) is 0 Å². The third-order valence-electron chi connectivity index (χ3n) is 10.2. The second-order valence-electron chi connectivity index (χ2n) is 15.4. The highest BCUT2D eigenvalue weighted by Gasteiger charge is 2.46. The van der Waals surface area contributed by atoms with Crippen molar-refractivity contribution in [3.05, 3.63) is 47.1 Å². The molecule has 3 aliphatic rings. The maximum absolute atomic E-state index is 6.89. The van der Waals surface area contributed by atoms with Crippen LogP contribution in [-0.2, 0) is 4.43 Å². The van der Waals surface area contributed by atoms with Crippen LogP contribution in [0.3, 0.4) is 0 Å². The lowest BCUT2D eigenvalue weighted by molar-refractivity contribution is 0.189. The van der Waals surface area contributed by atoms with E-state index < -0.39 is 8.32 Å². The topological polar surface area (TPSA) is 9.23 Å². The summed E-state index contributed by atoms with van der Waals surface area (Å²) in [5, 5.41) is 0.229. The normalized spacial score (nSPS) is 33.6. The Morgan fingerprint density at radius 2 is 1.75 bits per heavy atom. The Morgan fingerprint density at radius 3 is 2.39 bits per heavy atom. The molecule has 4 atom stereocenters. The summed E-state index contributed by atoms with van der Waals surface area (Å²) in [4.78, 5) is 0. The van der Waals surface area contributed by atoms with Crippen LogP contribution in [0.4, 0.5) is 0 Å². The molecule has 0 amide bonds. The molecule has 0 spiro atoms. The van der Waals surface area contributed by atoms with Crippen LogP contribution in [0, 0.1) is 22.7 Å². The van der Waals surface area contributed by atoms with E-state index in [1.54, 1.807) is 16.7 Å². The van der Waals surface area contributed by atoms with Crippen molar-refractivity contribution in [1.82, 2.24) is 0 Å². The van der Waals surface area contributed by atoms with E-state index in [4.69, 9.17) is 4.43 Å². The third kappa shape index (κ3) is 6.96. The second-order valence-corrected chi connectivity index (χ2v) is 20.1. The van der Waals surface area contributed by atoms with Gasteiger partial charge in [-0.3, -0.25) is 0 Å². The minimum atomic E-state index is -1.82. The third-order valence-corrected chi connectivity index (χ3v) is 14.7. The van der Waals surface area contributed by atoms with E-state index in [1.165, 1.54) is 56.9 Å². The van der Waals surface area contributed by atoms with Crippen molar-refractivity contribution in [3.63, 3.8) is 0 Å². The summed E-state index contributed by atoms with van der Waals surface area (Å²) in [7, 11) is -1.82. The molecule has 3 aliphatic carbocycles. The molecule has 0 bridgehead atoms. The van der Waals surface area contributed by atoms with E-state index in [9.17, 15) is 0 Å². The molecule has 1 nitrogen and oxygen atoms in total. The quantitative estimate of drug-likeness (QED) is 0.196. The molecular formula is C34H58OSi. The van der Waals surface area contributed by atoms with Crippen LogP contribution < -0.4 is 0 Å². The molecule has 0 N–H and O–H groups in total. The lowest BCUT2D eigenvalue weighted by Crippen LogP contribution is -2.45. The van der Waals surface area contributed by atoms with E-state index in [0.29, 0.717) is 16.7 Å². The standard InChI is InChI=1S/C34H58OSi/c1-25-23-27(24-31(26(25)2)35-36(10,11)33(6,7)8)17-18-28-15-14-22-34(9)29(19-20-30(28)34)16-12-13-21-32(3,4)5/h16-18,25,30-31H,2,12-15,19-24H2,1,3-11H3/b27-17-,28-18+,29-16-/t25-,30+,31-,34-/m1/s1. The summed E-state index contributed by atoms with van der Waals surface area (Å²) >= 11 is 0. The molecule has 0 heterocycles. The minimum absolute atomic E-state index is 0.185. The highest BCUT2D eigenvalue weighted by atomic mass is 28.4. The summed E-state index contributed by atoms with van der Waals surface area (Å²) in [6.45, 7) is 28.3. The number of hydrogen-bond acceptors (Lipinski definition) is 1. The van der Waals surface area contributed by atoms with Crippen molar-refractivity contribution in [1.29, 1.82) is 0 Å². The first-order chi connectivity index (χ1) is 16.5. The molecule has 0 aliphatic heterocycles. The zero-order valence-electron chi connectivity index (χ0n) is 25.7. The van der Waals surface area contributed by atoms with Crippen LogP contribution in [-0.4, -0.2) is 14.4 Å². The Balaban J connectivity index is 1.72. The number of unbranched alkanes of at least 4 members (excludes halogenated alkanes) is 1. The fraction of sp³-hybridized carbons (Fsp3) is 0.765. The lowest BCUT2D eigenvalue weighted by atomic mass is 9.65. The van der Waals surface area contributed by atoms with Crippen LogP contribution in [0.15, 0.2) is 47.1 Å². The SMILES string of the molecule is C=C1[C@H](C)C/C(=C/C=C2\CCC[C@]3(C)/C(=C\CCCC(C)(C)C)CC[C@@H]23)C[C@H]1O[Si](C)(C)C(C)(C)C. The van der Waals surface area contributed by atoms with Gasteiger partial charge in [0, 0.05) is 0 Å². The lowest BCUT2D eigenvalue weighted by Gasteiger charge is -2.42. The first-order valence-corrected chi connectivity index (χ1v) is 17.9. The van der Waals surface area contributed by atoms with Gasteiger partial charge >= 0.3 is 0 Å². The van der Waals surface area contributed by atoms with E-state index >= 15 is 0 Å². The molecule has 0 aromatic carbocycles.